The van der Waals surface area contributed by atoms with E-state index in [9.17, 15) is 14.4 Å². The van der Waals surface area contributed by atoms with Crippen molar-refractivity contribution >= 4 is 29.2 Å². The summed E-state index contributed by atoms with van der Waals surface area (Å²) in [4.78, 5) is 34.8. The van der Waals surface area contributed by atoms with E-state index in [1.807, 2.05) is 16.8 Å². The van der Waals surface area contributed by atoms with Crippen LogP contribution in [-0.2, 0) is 20.7 Å². The maximum Gasteiger partial charge on any atom is 0.321 e. The number of ether oxygens (including phenoxy) is 1. The van der Waals surface area contributed by atoms with Crippen molar-refractivity contribution in [1.82, 2.24) is 10.6 Å². The predicted octanol–water partition coefficient (Wildman–Crippen LogP) is 2.38. The number of carbonyl (C=O) groups excluding carboxylic acids is 3. The van der Waals surface area contributed by atoms with Gasteiger partial charge in [0.05, 0.1) is 0 Å². The minimum atomic E-state index is -0.609. The lowest BCUT2D eigenvalue weighted by Crippen LogP contribution is -2.46. The van der Waals surface area contributed by atoms with Crippen molar-refractivity contribution in [3.05, 3.63) is 22.4 Å². The summed E-state index contributed by atoms with van der Waals surface area (Å²) < 4.78 is 4.87. The highest BCUT2D eigenvalue weighted by atomic mass is 32.1. The molecule has 0 radical (unpaired) electrons. The van der Waals surface area contributed by atoms with Crippen LogP contribution in [0.1, 0.15) is 44.1 Å². The number of hydrogen-bond acceptors (Lipinski definition) is 5. The summed E-state index contributed by atoms with van der Waals surface area (Å²) in [5, 5.41) is 8.87. The van der Waals surface area contributed by atoms with E-state index in [1.165, 1.54) is 6.42 Å². The minimum Gasteiger partial charge on any atom is -0.456 e. The van der Waals surface area contributed by atoms with Gasteiger partial charge in [0.25, 0.3) is 5.91 Å². The van der Waals surface area contributed by atoms with Crippen LogP contribution in [-0.4, -0.2) is 30.6 Å². The van der Waals surface area contributed by atoms with Crippen molar-refractivity contribution in [3.63, 3.8) is 0 Å². The van der Waals surface area contributed by atoms with E-state index in [4.69, 9.17) is 4.74 Å². The molecule has 1 aromatic heterocycles. The van der Waals surface area contributed by atoms with Gasteiger partial charge in [0.1, 0.15) is 0 Å². The van der Waals surface area contributed by atoms with Crippen molar-refractivity contribution in [2.24, 2.45) is 0 Å². The second-order valence-corrected chi connectivity index (χ2v) is 6.43. The lowest BCUT2D eigenvalue weighted by molar-refractivity contribution is -0.148. The summed E-state index contributed by atoms with van der Waals surface area (Å²) >= 11 is 1.57. The number of esters is 1. The first-order valence-electron chi connectivity index (χ1n) is 7.90. The highest BCUT2D eigenvalue weighted by molar-refractivity contribution is 7.07. The van der Waals surface area contributed by atoms with Gasteiger partial charge in [-0.2, -0.15) is 11.3 Å². The zero-order chi connectivity index (χ0) is 16.5. The Bertz CT molecular complexity index is 524. The average molecular weight is 338 g/mol. The summed E-state index contributed by atoms with van der Waals surface area (Å²) in [5.74, 6) is -1.05. The number of carbonyl (C=O) groups is 3. The molecule has 0 unspecified atom stereocenters. The second kappa shape index (κ2) is 9.29. The molecule has 0 aromatic carbocycles. The van der Waals surface area contributed by atoms with Gasteiger partial charge in [-0.05, 0) is 41.7 Å². The molecule has 0 aliphatic heterocycles. The van der Waals surface area contributed by atoms with E-state index in [1.54, 1.807) is 11.3 Å². The fourth-order valence-corrected chi connectivity index (χ4v) is 3.23. The normalized spacial score (nSPS) is 15.0. The molecule has 0 bridgehead atoms. The molecule has 7 heteroatoms. The number of amides is 3. The van der Waals surface area contributed by atoms with Gasteiger partial charge in [0, 0.05) is 12.5 Å². The summed E-state index contributed by atoms with van der Waals surface area (Å²) in [6.45, 7) is -0.430. The van der Waals surface area contributed by atoms with Gasteiger partial charge in [0.2, 0.25) is 0 Å². The Morgan fingerprint density at radius 3 is 2.70 bits per heavy atom. The summed E-state index contributed by atoms with van der Waals surface area (Å²) in [6, 6.07) is 1.56. The number of urea groups is 1. The fourth-order valence-electron chi connectivity index (χ4n) is 2.53. The first-order valence-corrected chi connectivity index (χ1v) is 8.85. The van der Waals surface area contributed by atoms with Crippen molar-refractivity contribution in [3.8, 4) is 0 Å². The number of imide groups is 1. The van der Waals surface area contributed by atoms with Crippen LogP contribution in [0.25, 0.3) is 0 Å². The number of aryl methyl sites for hydroxylation is 1. The van der Waals surface area contributed by atoms with Crippen LogP contribution in [0.15, 0.2) is 16.8 Å². The van der Waals surface area contributed by atoms with Gasteiger partial charge in [-0.15, -0.1) is 0 Å². The van der Waals surface area contributed by atoms with Gasteiger partial charge in [-0.3, -0.25) is 14.9 Å². The molecule has 0 spiro atoms. The lowest BCUT2D eigenvalue weighted by atomic mass is 9.96. The van der Waals surface area contributed by atoms with E-state index in [0.29, 0.717) is 6.42 Å². The third-order valence-corrected chi connectivity index (χ3v) is 4.49. The van der Waals surface area contributed by atoms with Crippen molar-refractivity contribution < 1.29 is 19.1 Å². The molecular weight excluding hydrogens is 316 g/mol. The van der Waals surface area contributed by atoms with Crippen LogP contribution in [0.2, 0.25) is 0 Å². The van der Waals surface area contributed by atoms with E-state index in [-0.39, 0.29) is 12.5 Å². The molecule has 126 valence electrons. The largest absolute Gasteiger partial charge is 0.456 e. The Morgan fingerprint density at radius 1 is 1.22 bits per heavy atom. The lowest BCUT2D eigenvalue weighted by Gasteiger charge is -2.22. The van der Waals surface area contributed by atoms with Gasteiger partial charge < -0.3 is 10.1 Å². The summed E-state index contributed by atoms with van der Waals surface area (Å²) in [6.07, 6.45) is 6.09. The van der Waals surface area contributed by atoms with Crippen molar-refractivity contribution in [2.45, 2.75) is 51.0 Å². The molecule has 1 saturated carbocycles. The smallest absolute Gasteiger partial charge is 0.321 e. The van der Waals surface area contributed by atoms with Crippen molar-refractivity contribution in [1.29, 1.82) is 0 Å². The fraction of sp³-hybridized carbons (Fsp3) is 0.562. The molecule has 0 saturated heterocycles. The third kappa shape index (κ3) is 6.81. The Labute approximate surface area is 139 Å². The van der Waals surface area contributed by atoms with Crippen LogP contribution in [0.5, 0.6) is 0 Å². The van der Waals surface area contributed by atoms with Gasteiger partial charge >= 0.3 is 12.0 Å². The minimum absolute atomic E-state index is 0.129. The van der Waals surface area contributed by atoms with Crippen LogP contribution in [0.4, 0.5) is 4.79 Å². The zero-order valence-electron chi connectivity index (χ0n) is 13.0. The Morgan fingerprint density at radius 2 is 2.00 bits per heavy atom. The van der Waals surface area contributed by atoms with Crippen LogP contribution in [0, 0.1) is 0 Å². The van der Waals surface area contributed by atoms with Gasteiger partial charge in [-0.1, -0.05) is 19.3 Å². The van der Waals surface area contributed by atoms with Gasteiger partial charge in [0.15, 0.2) is 6.61 Å². The topological polar surface area (TPSA) is 84.5 Å². The number of thiophene rings is 1. The van der Waals surface area contributed by atoms with Crippen LogP contribution in [0.3, 0.4) is 0 Å². The van der Waals surface area contributed by atoms with Crippen molar-refractivity contribution in [2.75, 3.05) is 6.61 Å². The molecular formula is C16H22N2O4S. The molecule has 1 aromatic rings. The Kier molecular flexibility index (Phi) is 7.06. The highest BCUT2D eigenvalue weighted by Crippen LogP contribution is 2.17. The van der Waals surface area contributed by atoms with E-state index >= 15 is 0 Å². The number of nitrogens with one attached hydrogen (secondary N) is 2. The summed E-state index contributed by atoms with van der Waals surface area (Å²) in [5.41, 5.74) is 1.07. The number of rotatable bonds is 6. The molecule has 1 heterocycles. The molecule has 2 rings (SSSR count). The standard InChI is InChI=1S/C16H22N2O4S/c19-14(18-16(21)17-13-4-2-1-3-5-13)10-22-15(20)7-6-12-8-9-23-11-12/h8-9,11,13H,1-7,10H2,(H2,17,18,19,21). The van der Waals surface area contributed by atoms with Gasteiger partial charge in [-0.25, -0.2) is 4.79 Å². The zero-order valence-corrected chi connectivity index (χ0v) is 13.8. The molecule has 1 fully saturated rings. The third-order valence-electron chi connectivity index (χ3n) is 3.76. The highest BCUT2D eigenvalue weighted by Gasteiger charge is 2.17. The molecule has 1 aliphatic carbocycles. The Hall–Kier alpha value is -1.89. The SMILES string of the molecule is O=C(COC(=O)CCc1ccsc1)NC(=O)NC1CCCCC1. The molecule has 6 nitrogen and oxygen atoms in total. The average Bonchev–Trinajstić information content (AvgIpc) is 3.05. The predicted molar refractivity (Wildman–Crippen MR) is 87.1 cm³/mol. The molecule has 3 amide bonds. The summed E-state index contributed by atoms with van der Waals surface area (Å²) in [7, 11) is 0. The maximum absolute atomic E-state index is 11.7. The van der Waals surface area contributed by atoms with E-state index < -0.39 is 24.5 Å². The first-order chi connectivity index (χ1) is 11.1. The molecule has 23 heavy (non-hydrogen) atoms. The first kappa shape index (κ1) is 17.5. The van der Waals surface area contributed by atoms with E-state index in [2.05, 4.69) is 10.6 Å². The van der Waals surface area contributed by atoms with Crippen LogP contribution < -0.4 is 10.6 Å². The van der Waals surface area contributed by atoms with E-state index in [0.717, 1.165) is 31.2 Å². The second-order valence-electron chi connectivity index (χ2n) is 5.65. The monoisotopic (exact) mass is 338 g/mol. The van der Waals surface area contributed by atoms with Crippen LogP contribution >= 0.6 is 11.3 Å². The molecule has 0 atom stereocenters. The molecule has 2 N–H and O–H groups in total. The Balaban J connectivity index is 1.58. The molecule has 1 aliphatic rings. The quantitative estimate of drug-likeness (QED) is 0.780. The number of hydrogen-bond donors (Lipinski definition) is 2. The maximum atomic E-state index is 11.7.